The van der Waals surface area contributed by atoms with Gasteiger partial charge in [0.25, 0.3) is 0 Å². The summed E-state index contributed by atoms with van der Waals surface area (Å²) in [5, 5.41) is 45.8. The lowest BCUT2D eigenvalue weighted by atomic mass is 9.82. The Labute approximate surface area is 180 Å². The third-order valence-electron chi connectivity index (χ3n) is 5.46. The molecule has 2 aromatic rings. The van der Waals surface area contributed by atoms with Crippen molar-refractivity contribution in [2.75, 3.05) is 19.8 Å². The van der Waals surface area contributed by atoms with Crippen LogP contribution in [0.15, 0.2) is 42.7 Å². The second-order valence-corrected chi connectivity index (χ2v) is 7.61. The highest BCUT2D eigenvalue weighted by molar-refractivity contribution is 5.41. The second kappa shape index (κ2) is 9.21. The topological polar surface area (TPSA) is 117 Å². The summed E-state index contributed by atoms with van der Waals surface area (Å²) in [5.74, 6) is 11.1. The van der Waals surface area contributed by atoms with E-state index in [-0.39, 0.29) is 6.04 Å². The summed E-state index contributed by atoms with van der Waals surface area (Å²) in [7, 11) is 0. The van der Waals surface area contributed by atoms with Gasteiger partial charge in [-0.1, -0.05) is 41.9 Å². The molecule has 6 atom stereocenters. The zero-order valence-corrected chi connectivity index (χ0v) is 16.8. The van der Waals surface area contributed by atoms with E-state index in [2.05, 4.69) is 28.8 Å². The van der Waals surface area contributed by atoms with E-state index >= 15 is 0 Å². The summed E-state index contributed by atoms with van der Waals surface area (Å²) < 4.78 is 12.8. The van der Waals surface area contributed by atoms with E-state index in [4.69, 9.17) is 9.47 Å². The van der Waals surface area contributed by atoms with Crippen LogP contribution in [0.1, 0.15) is 23.6 Å². The number of hydrogen-bond acceptors (Lipinski definition) is 7. The first kappa shape index (κ1) is 21.5. The van der Waals surface area contributed by atoms with Crippen molar-refractivity contribution in [3.63, 3.8) is 0 Å². The lowest BCUT2D eigenvalue weighted by Gasteiger charge is -2.43. The number of rotatable bonds is 2. The lowest BCUT2D eigenvalue weighted by molar-refractivity contribution is -0.239. The van der Waals surface area contributed by atoms with Crippen LogP contribution in [0.4, 0.5) is 0 Å². The van der Waals surface area contributed by atoms with Crippen molar-refractivity contribution in [2.24, 2.45) is 0 Å². The first-order valence-corrected chi connectivity index (χ1v) is 10.1. The Balaban J connectivity index is 1.63. The molecule has 31 heavy (non-hydrogen) atoms. The van der Waals surface area contributed by atoms with Crippen LogP contribution in [-0.2, 0) is 9.47 Å². The molecule has 0 amide bonds. The van der Waals surface area contributed by atoms with Gasteiger partial charge in [0.1, 0.15) is 18.3 Å². The van der Waals surface area contributed by atoms with Gasteiger partial charge in [-0.3, -0.25) is 4.68 Å². The van der Waals surface area contributed by atoms with Gasteiger partial charge in [0.15, 0.2) is 11.7 Å². The van der Waals surface area contributed by atoms with E-state index in [1.165, 1.54) is 0 Å². The third-order valence-corrected chi connectivity index (χ3v) is 5.46. The maximum atomic E-state index is 11.2. The summed E-state index contributed by atoms with van der Waals surface area (Å²) in [5.41, 5.74) is -0.952. The van der Waals surface area contributed by atoms with Crippen LogP contribution in [0, 0.1) is 23.7 Å². The third kappa shape index (κ3) is 4.51. The van der Waals surface area contributed by atoms with Gasteiger partial charge < -0.3 is 29.9 Å². The number of aromatic nitrogens is 2. The quantitative estimate of drug-likeness (QED) is 0.479. The molecule has 4 N–H and O–H groups in total. The number of hydrogen-bond donors (Lipinski definition) is 4. The van der Waals surface area contributed by atoms with Crippen LogP contribution in [0.25, 0.3) is 0 Å². The standard InChI is InChI=1S/C23H24N2O6/c26-14-19-21(27)22(28)23(29,10-8-16-4-2-1-3-5-16)20(31-19)7-6-17-12-24-25(13-17)18-9-11-30-15-18/h1-5,12-13,18-22,26-29H,9,11,14-15H2/t18-,19-,20-,21-,22+,23-/m1/s1. The summed E-state index contributed by atoms with van der Waals surface area (Å²) in [4.78, 5) is 0. The van der Waals surface area contributed by atoms with E-state index in [0.29, 0.717) is 24.3 Å². The highest BCUT2D eigenvalue weighted by Gasteiger charge is 2.53. The molecule has 2 saturated heterocycles. The average Bonchev–Trinajstić information content (AvgIpc) is 3.49. The van der Waals surface area contributed by atoms with E-state index in [9.17, 15) is 20.4 Å². The van der Waals surface area contributed by atoms with Crippen molar-refractivity contribution < 1.29 is 29.9 Å². The fourth-order valence-electron chi connectivity index (χ4n) is 3.59. The smallest absolute Gasteiger partial charge is 0.191 e. The minimum atomic E-state index is -2.16. The molecule has 0 saturated carbocycles. The molecule has 3 heterocycles. The first-order chi connectivity index (χ1) is 15.0. The molecule has 8 nitrogen and oxygen atoms in total. The monoisotopic (exact) mass is 424 g/mol. The molecule has 0 aliphatic carbocycles. The fraction of sp³-hybridized carbons (Fsp3) is 0.435. The van der Waals surface area contributed by atoms with Crippen LogP contribution in [0.2, 0.25) is 0 Å². The van der Waals surface area contributed by atoms with E-state index in [1.807, 2.05) is 6.07 Å². The van der Waals surface area contributed by atoms with Crippen molar-refractivity contribution in [3.05, 3.63) is 53.9 Å². The first-order valence-electron chi connectivity index (χ1n) is 10.1. The molecule has 0 bridgehead atoms. The van der Waals surface area contributed by atoms with Crippen LogP contribution >= 0.6 is 0 Å². The van der Waals surface area contributed by atoms with Gasteiger partial charge in [0.05, 0.1) is 31.0 Å². The summed E-state index contributed by atoms with van der Waals surface area (Å²) in [6, 6.07) is 9.08. The molecule has 4 rings (SSSR count). The molecular formula is C23H24N2O6. The highest BCUT2D eigenvalue weighted by atomic mass is 16.5. The highest BCUT2D eigenvalue weighted by Crippen LogP contribution is 2.30. The van der Waals surface area contributed by atoms with Gasteiger partial charge in [-0.2, -0.15) is 5.10 Å². The molecule has 0 unspecified atom stereocenters. The molecule has 0 spiro atoms. The zero-order chi connectivity index (χ0) is 21.8. The maximum absolute atomic E-state index is 11.2. The Bertz CT molecular complexity index is 1010. The predicted octanol–water partition coefficient (Wildman–Crippen LogP) is -0.540. The summed E-state index contributed by atoms with van der Waals surface area (Å²) in [6.45, 7) is 0.743. The average molecular weight is 424 g/mol. The molecule has 162 valence electrons. The van der Waals surface area contributed by atoms with E-state index in [0.717, 1.165) is 6.42 Å². The molecule has 8 heteroatoms. The molecule has 1 aromatic carbocycles. The van der Waals surface area contributed by atoms with Gasteiger partial charge >= 0.3 is 0 Å². The maximum Gasteiger partial charge on any atom is 0.191 e. The molecular weight excluding hydrogens is 400 g/mol. The van der Waals surface area contributed by atoms with Crippen molar-refractivity contribution >= 4 is 0 Å². The summed E-state index contributed by atoms with van der Waals surface area (Å²) in [6.07, 6.45) is -1.34. The van der Waals surface area contributed by atoms with Crippen LogP contribution in [0.3, 0.4) is 0 Å². The van der Waals surface area contributed by atoms with Gasteiger partial charge in [-0.05, 0) is 18.6 Å². The number of benzene rings is 1. The van der Waals surface area contributed by atoms with Crippen molar-refractivity contribution in [3.8, 4) is 23.7 Å². The Morgan fingerprint density at radius 3 is 2.68 bits per heavy atom. The van der Waals surface area contributed by atoms with Crippen LogP contribution < -0.4 is 0 Å². The van der Waals surface area contributed by atoms with E-state index < -0.39 is 36.6 Å². The zero-order valence-electron chi connectivity index (χ0n) is 16.8. The Hall–Kier alpha value is -2.69. The van der Waals surface area contributed by atoms with Crippen molar-refractivity contribution in [1.29, 1.82) is 0 Å². The minimum absolute atomic E-state index is 0.158. The molecule has 2 aliphatic heterocycles. The molecule has 1 aromatic heterocycles. The van der Waals surface area contributed by atoms with Gasteiger partial charge in [-0.25, -0.2) is 0 Å². The van der Waals surface area contributed by atoms with Crippen LogP contribution in [-0.4, -0.2) is 80.0 Å². The second-order valence-electron chi connectivity index (χ2n) is 7.61. The van der Waals surface area contributed by atoms with E-state index in [1.54, 1.807) is 41.3 Å². The number of aliphatic hydroxyl groups excluding tert-OH is 3. The Morgan fingerprint density at radius 1 is 1.16 bits per heavy atom. The fourth-order valence-corrected chi connectivity index (χ4v) is 3.59. The Morgan fingerprint density at radius 2 is 1.97 bits per heavy atom. The lowest BCUT2D eigenvalue weighted by Crippen LogP contribution is -2.65. The van der Waals surface area contributed by atoms with Gasteiger partial charge in [-0.15, -0.1) is 0 Å². The largest absolute Gasteiger partial charge is 0.394 e. The summed E-state index contributed by atoms with van der Waals surface area (Å²) >= 11 is 0. The van der Waals surface area contributed by atoms with Crippen molar-refractivity contribution in [1.82, 2.24) is 9.78 Å². The number of ether oxygens (including phenoxy) is 2. The molecule has 2 fully saturated rings. The van der Waals surface area contributed by atoms with Crippen LogP contribution in [0.5, 0.6) is 0 Å². The minimum Gasteiger partial charge on any atom is -0.394 e. The van der Waals surface area contributed by atoms with Crippen molar-refractivity contribution in [2.45, 2.75) is 42.5 Å². The van der Waals surface area contributed by atoms with Gasteiger partial charge in [0, 0.05) is 18.4 Å². The molecule has 0 radical (unpaired) electrons. The molecule has 2 aliphatic rings. The van der Waals surface area contributed by atoms with Gasteiger partial charge in [0.2, 0.25) is 0 Å². The SMILES string of the molecule is OC[C@H]1O[C@H](C#Cc2cnn([C@@H]3CCOC3)c2)[C@](O)(C#Cc2ccccc2)[C@@H](O)[C@@H]1O. The Kier molecular flexibility index (Phi) is 6.40. The predicted molar refractivity (Wildman–Crippen MR) is 110 cm³/mol. The number of nitrogens with zero attached hydrogens (tertiary/aromatic N) is 2. The normalized spacial score (nSPS) is 32.6. The number of aliphatic hydroxyl groups is 4.